The summed E-state index contributed by atoms with van der Waals surface area (Å²) in [7, 11) is 3.56. The van der Waals surface area contributed by atoms with Crippen LogP contribution in [0.1, 0.15) is 56.8 Å². The monoisotopic (exact) mass is 440 g/mol. The molecule has 0 bridgehead atoms. The number of benzene rings is 1. The van der Waals surface area contributed by atoms with E-state index in [0.29, 0.717) is 18.4 Å². The highest BCUT2D eigenvalue weighted by Crippen LogP contribution is 2.50. The lowest BCUT2D eigenvalue weighted by molar-refractivity contribution is -0.127. The van der Waals surface area contributed by atoms with Crippen LogP contribution in [0.5, 0.6) is 5.75 Å². The second-order valence-electron chi connectivity index (χ2n) is 9.82. The molecule has 1 aromatic heterocycles. The van der Waals surface area contributed by atoms with Crippen molar-refractivity contribution in [3.63, 3.8) is 0 Å². The molecule has 1 saturated heterocycles. The van der Waals surface area contributed by atoms with E-state index in [4.69, 9.17) is 9.26 Å². The Kier molecular flexibility index (Phi) is 7.01. The molecular weight excluding hydrogens is 404 g/mol. The Labute approximate surface area is 191 Å². The maximum Gasteiger partial charge on any atom is 0.324 e. The molecule has 2 atom stereocenters. The van der Waals surface area contributed by atoms with Gasteiger partial charge in [0.15, 0.2) is 5.82 Å². The van der Waals surface area contributed by atoms with Gasteiger partial charge in [0.05, 0.1) is 13.0 Å². The van der Waals surface area contributed by atoms with E-state index in [0.717, 1.165) is 61.0 Å². The van der Waals surface area contributed by atoms with Crippen molar-refractivity contribution in [1.82, 2.24) is 15.0 Å². The van der Waals surface area contributed by atoms with E-state index >= 15 is 0 Å². The highest BCUT2D eigenvalue weighted by molar-refractivity contribution is 5.78. The van der Waals surface area contributed by atoms with Gasteiger partial charge in [0.2, 0.25) is 5.91 Å². The first-order valence-electron chi connectivity index (χ1n) is 11.9. The summed E-state index contributed by atoms with van der Waals surface area (Å²) in [5, 5.41) is 4.09. The second kappa shape index (κ2) is 9.92. The minimum Gasteiger partial charge on any atom is -0.494 e. The lowest BCUT2D eigenvalue weighted by Crippen LogP contribution is -2.34. The number of nitrogens with zero attached hydrogens (tertiary/aromatic N) is 4. The SMILES string of the molecule is CC(C)c1noc(N2CCC([C@H]3C[C@H]3CCOc3ccc(CC(=O)N(C)C)cc3)CC2)n1. The van der Waals surface area contributed by atoms with Crippen LogP contribution < -0.4 is 9.64 Å². The Bertz CT molecular complexity index is 885. The molecule has 0 N–H and O–H groups in total. The summed E-state index contributed by atoms with van der Waals surface area (Å²) in [6.45, 7) is 6.94. The van der Waals surface area contributed by atoms with Gasteiger partial charge in [-0.3, -0.25) is 4.79 Å². The number of ether oxygens (including phenoxy) is 1. The van der Waals surface area contributed by atoms with E-state index in [-0.39, 0.29) is 5.91 Å². The fourth-order valence-electron chi connectivity index (χ4n) is 4.65. The fourth-order valence-corrected chi connectivity index (χ4v) is 4.65. The van der Waals surface area contributed by atoms with Crippen molar-refractivity contribution in [3.8, 4) is 5.75 Å². The number of hydrogen-bond acceptors (Lipinski definition) is 6. The third-order valence-corrected chi connectivity index (χ3v) is 6.88. The third-order valence-electron chi connectivity index (χ3n) is 6.88. The van der Waals surface area contributed by atoms with Crippen LogP contribution in [0.2, 0.25) is 0 Å². The van der Waals surface area contributed by atoms with Crippen molar-refractivity contribution < 1.29 is 14.1 Å². The molecule has 32 heavy (non-hydrogen) atoms. The summed E-state index contributed by atoms with van der Waals surface area (Å²) in [6, 6.07) is 8.60. The van der Waals surface area contributed by atoms with Gasteiger partial charge in [-0.2, -0.15) is 4.98 Å². The van der Waals surface area contributed by atoms with E-state index < -0.39 is 0 Å². The Balaban J connectivity index is 1.14. The standard InChI is InChI=1S/C25H36N4O3/c1-17(2)24-26-25(32-27-24)29-12-9-19(10-13-29)22-16-20(22)11-14-31-21-7-5-18(6-8-21)15-23(30)28(3)4/h5-8,17,19-20,22H,9-16H2,1-4H3/t20-,22-/m1/s1. The molecule has 1 aliphatic heterocycles. The van der Waals surface area contributed by atoms with Crippen LogP contribution >= 0.6 is 0 Å². The van der Waals surface area contributed by atoms with Crippen LogP contribution in [0.4, 0.5) is 6.01 Å². The van der Waals surface area contributed by atoms with Crippen molar-refractivity contribution >= 4 is 11.9 Å². The highest BCUT2D eigenvalue weighted by Gasteiger charge is 2.43. The average molecular weight is 441 g/mol. The molecule has 2 aromatic rings. The van der Waals surface area contributed by atoms with Crippen LogP contribution in [-0.4, -0.2) is 54.7 Å². The molecule has 7 heteroatoms. The van der Waals surface area contributed by atoms with Crippen LogP contribution in [0.25, 0.3) is 0 Å². The molecule has 174 valence electrons. The fraction of sp³-hybridized carbons (Fsp3) is 0.640. The lowest BCUT2D eigenvalue weighted by atomic mass is 9.90. The van der Waals surface area contributed by atoms with E-state index in [9.17, 15) is 4.79 Å². The minimum absolute atomic E-state index is 0.113. The number of anilines is 1. The first kappa shape index (κ1) is 22.6. The van der Waals surface area contributed by atoms with Crippen molar-refractivity contribution in [3.05, 3.63) is 35.7 Å². The molecule has 0 unspecified atom stereocenters. The predicted octanol–water partition coefficient (Wildman–Crippen LogP) is 4.15. The highest BCUT2D eigenvalue weighted by atomic mass is 16.5. The summed E-state index contributed by atoms with van der Waals surface area (Å²) in [5.74, 6) is 4.52. The van der Waals surface area contributed by atoms with E-state index in [2.05, 4.69) is 28.9 Å². The van der Waals surface area contributed by atoms with Crippen molar-refractivity contribution in [1.29, 1.82) is 0 Å². The molecule has 0 spiro atoms. The van der Waals surface area contributed by atoms with Gasteiger partial charge >= 0.3 is 6.01 Å². The van der Waals surface area contributed by atoms with Gasteiger partial charge in [0, 0.05) is 33.1 Å². The van der Waals surface area contributed by atoms with Gasteiger partial charge in [-0.05, 0) is 61.1 Å². The summed E-state index contributed by atoms with van der Waals surface area (Å²) >= 11 is 0. The summed E-state index contributed by atoms with van der Waals surface area (Å²) in [5.41, 5.74) is 1.02. The van der Waals surface area contributed by atoms with E-state index in [1.807, 2.05) is 24.3 Å². The topological polar surface area (TPSA) is 71.7 Å². The Hall–Kier alpha value is -2.57. The Morgan fingerprint density at radius 2 is 1.94 bits per heavy atom. The lowest BCUT2D eigenvalue weighted by Gasteiger charge is -2.30. The minimum atomic E-state index is 0.113. The van der Waals surface area contributed by atoms with Crippen molar-refractivity contribution in [2.75, 3.05) is 38.7 Å². The summed E-state index contributed by atoms with van der Waals surface area (Å²) in [4.78, 5) is 20.2. The number of likely N-dealkylation sites (N-methyl/N-ethyl adjacent to an activating group) is 1. The summed E-state index contributed by atoms with van der Waals surface area (Å²) < 4.78 is 11.4. The smallest absolute Gasteiger partial charge is 0.324 e. The number of amides is 1. The van der Waals surface area contributed by atoms with Gasteiger partial charge in [0.1, 0.15) is 5.75 Å². The molecule has 1 amide bonds. The molecule has 2 fully saturated rings. The molecular formula is C25H36N4O3. The quantitative estimate of drug-likeness (QED) is 0.583. The van der Waals surface area contributed by atoms with Crippen LogP contribution in [-0.2, 0) is 11.2 Å². The molecule has 2 aliphatic rings. The van der Waals surface area contributed by atoms with Gasteiger partial charge in [0.25, 0.3) is 0 Å². The molecule has 7 nitrogen and oxygen atoms in total. The summed E-state index contributed by atoms with van der Waals surface area (Å²) in [6.07, 6.45) is 5.29. The molecule has 1 saturated carbocycles. The van der Waals surface area contributed by atoms with Crippen molar-refractivity contribution in [2.45, 2.75) is 51.9 Å². The van der Waals surface area contributed by atoms with Gasteiger partial charge in [-0.15, -0.1) is 0 Å². The normalized spacial score (nSPS) is 21.1. The van der Waals surface area contributed by atoms with Gasteiger partial charge in [-0.25, -0.2) is 0 Å². The van der Waals surface area contributed by atoms with Crippen molar-refractivity contribution in [2.24, 2.45) is 17.8 Å². The number of carbonyl (C=O) groups excluding carboxylic acids is 1. The first-order valence-corrected chi connectivity index (χ1v) is 11.9. The van der Waals surface area contributed by atoms with Crippen LogP contribution in [0.3, 0.4) is 0 Å². The Morgan fingerprint density at radius 3 is 2.56 bits per heavy atom. The first-order chi connectivity index (χ1) is 15.4. The maximum atomic E-state index is 11.8. The van der Waals surface area contributed by atoms with Crippen LogP contribution in [0.15, 0.2) is 28.8 Å². The number of hydrogen-bond donors (Lipinski definition) is 0. The molecule has 0 radical (unpaired) electrons. The zero-order valence-electron chi connectivity index (χ0n) is 19.8. The predicted molar refractivity (Wildman–Crippen MR) is 124 cm³/mol. The van der Waals surface area contributed by atoms with Gasteiger partial charge < -0.3 is 19.1 Å². The number of rotatable bonds is 9. The average Bonchev–Trinajstić information content (AvgIpc) is 3.37. The maximum absolute atomic E-state index is 11.8. The second-order valence-corrected chi connectivity index (χ2v) is 9.82. The van der Waals surface area contributed by atoms with Crippen LogP contribution in [0, 0.1) is 17.8 Å². The zero-order valence-corrected chi connectivity index (χ0v) is 19.8. The Morgan fingerprint density at radius 1 is 1.22 bits per heavy atom. The van der Waals surface area contributed by atoms with E-state index in [1.165, 1.54) is 19.3 Å². The molecule has 2 heterocycles. The zero-order chi connectivity index (χ0) is 22.7. The largest absolute Gasteiger partial charge is 0.494 e. The number of piperidine rings is 1. The van der Waals surface area contributed by atoms with E-state index in [1.54, 1.807) is 19.0 Å². The molecule has 1 aromatic carbocycles. The third kappa shape index (κ3) is 5.61. The molecule has 1 aliphatic carbocycles. The number of aromatic nitrogens is 2. The molecule has 4 rings (SSSR count). The number of carbonyl (C=O) groups is 1. The van der Waals surface area contributed by atoms with Gasteiger partial charge in [-0.1, -0.05) is 31.1 Å².